The summed E-state index contributed by atoms with van der Waals surface area (Å²) in [6.45, 7) is 4.14. The molecule has 0 saturated heterocycles. The lowest BCUT2D eigenvalue weighted by Crippen LogP contribution is -2.54. The summed E-state index contributed by atoms with van der Waals surface area (Å²) in [5.74, 6) is -0.326. The molecule has 0 saturated carbocycles. The number of aromatic amines is 1. The van der Waals surface area contributed by atoms with Crippen LogP contribution in [0.1, 0.15) is 35.3 Å². The second-order valence-corrected chi connectivity index (χ2v) is 9.46. The zero-order chi connectivity index (χ0) is 23.5. The van der Waals surface area contributed by atoms with E-state index in [-0.39, 0.29) is 12.0 Å². The van der Waals surface area contributed by atoms with Gasteiger partial charge in [0, 0.05) is 28.1 Å². The van der Waals surface area contributed by atoms with Crippen LogP contribution in [-0.4, -0.2) is 17.0 Å². The Morgan fingerprint density at radius 3 is 2.44 bits per heavy atom. The summed E-state index contributed by atoms with van der Waals surface area (Å²) < 4.78 is 6.56. The number of fused-ring (bicyclic) bond motifs is 2. The van der Waals surface area contributed by atoms with Crippen molar-refractivity contribution in [2.75, 3.05) is 0 Å². The summed E-state index contributed by atoms with van der Waals surface area (Å²) in [5.41, 5.74) is 11.4. The lowest BCUT2D eigenvalue weighted by molar-refractivity contribution is -0.0427. The standard InChI is InChI=1S/C30H26N2O2/c1-19-16-17-29(2,25(31)18-19)30(23-14-8-6-12-21(23)28(33)34-30)26-22-13-7-9-15-24(22)32-27(26)20-10-4-3-5-11-20/h3-18,25,32H,31H2,1-2H3. The second kappa shape index (κ2) is 7.31. The Hall–Kier alpha value is -3.89. The molecule has 168 valence electrons. The van der Waals surface area contributed by atoms with Crippen molar-refractivity contribution in [3.63, 3.8) is 0 Å². The van der Waals surface area contributed by atoms with Gasteiger partial charge in [0.15, 0.2) is 5.60 Å². The third-order valence-corrected chi connectivity index (χ3v) is 7.48. The van der Waals surface area contributed by atoms with Gasteiger partial charge in [-0.25, -0.2) is 4.79 Å². The Kier molecular flexibility index (Phi) is 4.45. The van der Waals surface area contributed by atoms with Crippen molar-refractivity contribution >= 4 is 16.9 Å². The first-order chi connectivity index (χ1) is 16.5. The zero-order valence-corrected chi connectivity index (χ0v) is 19.2. The molecule has 0 bridgehead atoms. The van der Waals surface area contributed by atoms with E-state index >= 15 is 0 Å². The molecule has 0 radical (unpaired) electrons. The molecule has 3 N–H and O–H groups in total. The number of cyclic esters (lactones) is 1. The van der Waals surface area contributed by atoms with E-state index in [4.69, 9.17) is 10.5 Å². The average Bonchev–Trinajstić information content (AvgIpc) is 3.39. The molecule has 2 aliphatic rings. The van der Waals surface area contributed by atoms with E-state index in [1.807, 2.05) is 61.5 Å². The maximum Gasteiger partial charge on any atom is 0.339 e. The van der Waals surface area contributed by atoms with Crippen molar-refractivity contribution in [3.05, 3.63) is 119 Å². The Labute approximate surface area is 198 Å². The molecular weight excluding hydrogens is 420 g/mol. The number of hydrogen-bond donors (Lipinski definition) is 2. The van der Waals surface area contributed by atoms with Crippen molar-refractivity contribution in [3.8, 4) is 11.3 Å². The first kappa shape index (κ1) is 20.7. The van der Waals surface area contributed by atoms with Crippen molar-refractivity contribution in [2.24, 2.45) is 11.1 Å². The maximum absolute atomic E-state index is 13.4. The van der Waals surface area contributed by atoms with E-state index in [2.05, 4.69) is 54.4 Å². The van der Waals surface area contributed by atoms with E-state index in [0.717, 1.165) is 38.9 Å². The van der Waals surface area contributed by atoms with E-state index in [1.165, 1.54) is 0 Å². The van der Waals surface area contributed by atoms with Crippen LogP contribution in [-0.2, 0) is 10.3 Å². The second-order valence-electron chi connectivity index (χ2n) is 9.46. The van der Waals surface area contributed by atoms with Crippen molar-refractivity contribution in [2.45, 2.75) is 25.5 Å². The molecule has 34 heavy (non-hydrogen) atoms. The first-order valence-electron chi connectivity index (χ1n) is 11.6. The minimum Gasteiger partial charge on any atom is -0.444 e. The molecule has 4 aromatic rings. The number of ether oxygens (including phenoxy) is 1. The number of nitrogens with two attached hydrogens (primary N) is 1. The lowest BCUT2D eigenvalue weighted by Gasteiger charge is -2.48. The number of nitrogens with one attached hydrogen (secondary N) is 1. The van der Waals surface area contributed by atoms with Crippen LogP contribution in [0, 0.1) is 5.41 Å². The van der Waals surface area contributed by atoms with Crippen LogP contribution in [0.3, 0.4) is 0 Å². The van der Waals surface area contributed by atoms with Gasteiger partial charge in [-0.15, -0.1) is 0 Å². The number of aromatic nitrogens is 1. The van der Waals surface area contributed by atoms with Crippen molar-refractivity contribution in [1.82, 2.24) is 4.98 Å². The Morgan fingerprint density at radius 2 is 1.65 bits per heavy atom. The normalized spacial score (nSPS) is 25.8. The van der Waals surface area contributed by atoms with E-state index in [1.54, 1.807) is 0 Å². The molecule has 3 aromatic carbocycles. The topological polar surface area (TPSA) is 68.1 Å². The highest BCUT2D eigenvalue weighted by molar-refractivity contribution is 6.00. The predicted octanol–water partition coefficient (Wildman–Crippen LogP) is 6.10. The molecule has 1 aliphatic carbocycles. The van der Waals surface area contributed by atoms with Gasteiger partial charge in [-0.2, -0.15) is 0 Å². The average molecular weight is 447 g/mol. The van der Waals surface area contributed by atoms with Gasteiger partial charge in [-0.1, -0.05) is 90.5 Å². The molecule has 2 heterocycles. The highest BCUT2D eigenvalue weighted by atomic mass is 16.6. The Bertz CT molecular complexity index is 1500. The smallest absolute Gasteiger partial charge is 0.339 e. The quantitative estimate of drug-likeness (QED) is 0.374. The molecule has 4 nitrogen and oxygen atoms in total. The van der Waals surface area contributed by atoms with Crippen LogP contribution in [0.2, 0.25) is 0 Å². The molecular formula is C30H26N2O2. The summed E-state index contributed by atoms with van der Waals surface area (Å²) >= 11 is 0. The first-order valence-corrected chi connectivity index (χ1v) is 11.6. The third kappa shape index (κ3) is 2.66. The largest absolute Gasteiger partial charge is 0.444 e. The van der Waals surface area contributed by atoms with Gasteiger partial charge < -0.3 is 15.5 Å². The highest BCUT2D eigenvalue weighted by Gasteiger charge is 2.62. The van der Waals surface area contributed by atoms with Gasteiger partial charge in [0.1, 0.15) is 0 Å². The molecule has 0 amide bonds. The van der Waals surface area contributed by atoms with Gasteiger partial charge in [0.2, 0.25) is 0 Å². The summed E-state index contributed by atoms with van der Waals surface area (Å²) in [5, 5.41) is 1.01. The number of benzene rings is 3. The third-order valence-electron chi connectivity index (χ3n) is 7.48. The molecule has 0 spiro atoms. The van der Waals surface area contributed by atoms with Crippen LogP contribution in [0.15, 0.2) is 103 Å². The molecule has 6 rings (SSSR count). The van der Waals surface area contributed by atoms with E-state index < -0.39 is 11.0 Å². The number of hydrogen-bond acceptors (Lipinski definition) is 3. The maximum atomic E-state index is 13.4. The minimum atomic E-state index is -1.13. The molecule has 3 atom stereocenters. The van der Waals surface area contributed by atoms with Gasteiger partial charge in [-0.3, -0.25) is 0 Å². The molecule has 0 fully saturated rings. The highest BCUT2D eigenvalue weighted by Crippen LogP contribution is 2.59. The number of allylic oxidation sites excluding steroid dienone is 2. The molecule has 3 unspecified atom stereocenters. The Balaban J connectivity index is 1.78. The van der Waals surface area contributed by atoms with Gasteiger partial charge in [0.25, 0.3) is 0 Å². The number of para-hydroxylation sites is 1. The number of carbonyl (C=O) groups is 1. The van der Waals surface area contributed by atoms with Crippen LogP contribution in [0.25, 0.3) is 22.2 Å². The fraction of sp³-hybridized carbons (Fsp3) is 0.167. The summed E-state index contributed by atoms with van der Waals surface area (Å²) in [4.78, 5) is 17.0. The van der Waals surface area contributed by atoms with E-state index in [9.17, 15) is 4.79 Å². The van der Waals surface area contributed by atoms with Crippen molar-refractivity contribution in [1.29, 1.82) is 0 Å². The summed E-state index contributed by atoms with van der Waals surface area (Å²) in [6, 6.07) is 25.7. The van der Waals surface area contributed by atoms with Crippen LogP contribution in [0.4, 0.5) is 0 Å². The molecule has 1 aromatic heterocycles. The van der Waals surface area contributed by atoms with Crippen LogP contribution < -0.4 is 5.73 Å². The fourth-order valence-electron chi connectivity index (χ4n) is 5.68. The minimum absolute atomic E-state index is 0.326. The summed E-state index contributed by atoms with van der Waals surface area (Å²) in [6.07, 6.45) is 6.27. The SMILES string of the molecule is CC1=CC(N)C(C)(C2(c3c(-c4ccccc4)[nH]c4ccccc34)OC(=O)c3ccccc32)C=C1. The molecule has 1 aliphatic heterocycles. The number of carbonyl (C=O) groups excluding carboxylic acids is 1. The summed E-state index contributed by atoms with van der Waals surface area (Å²) in [7, 11) is 0. The monoisotopic (exact) mass is 446 g/mol. The number of rotatable bonds is 3. The predicted molar refractivity (Wildman–Crippen MR) is 135 cm³/mol. The lowest BCUT2D eigenvalue weighted by atomic mass is 9.60. The van der Waals surface area contributed by atoms with Crippen LogP contribution >= 0.6 is 0 Å². The van der Waals surface area contributed by atoms with Gasteiger partial charge in [-0.05, 0) is 31.5 Å². The van der Waals surface area contributed by atoms with Gasteiger partial charge >= 0.3 is 5.97 Å². The number of esters is 1. The zero-order valence-electron chi connectivity index (χ0n) is 19.2. The Morgan fingerprint density at radius 1 is 0.941 bits per heavy atom. The van der Waals surface area contributed by atoms with Gasteiger partial charge in [0.05, 0.1) is 16.7 Å². The number of H-pyrrole nitrogens is 1. The van der Waals surface area contributed by atoms with Crippen LogP contribution in [0.5, 0.6) is 0 Å². The van der Waals surface area contributed by atoms with Crippen molar-refractivity contribution < 1.29 is 9.53 Å². The molecule has 4 heteroatoms. The fourth-order valence-corrected chi connectivity index (χ4v) is 5.68. The van der Waals surface area contributed by atoms with E-state index in [0.29, 0.717) is 5.56 Å².